The molecule has 7 heteroatoms. The summed E-state index contributed by atoms with van der Waals surface area (Å²) < 4.78 is 30.9. The van der Waals surface area contributed by atoms with E-state index in [1.54, 1.807) is 31.4 Å². The molecule has 0 aliphatic rings. The van der Waals surface area contributed by atoms with Gasteiger partial charge in [0.25, 0.3) is 0 Å². The summed E-state index contributed by atoms with van der Waals surface area (Å²) in [6.07, 6.45) is 1.82. The lowest BCUT2D eigenvalue weighted by Gasteiger charge is -2.18. The zero-order chi connectivity index (χ0) is 19.0. The van der Waals surface area contributed by atoms with E-state index in [0.717, 1.165) is 18.2 Å². The first-order chi connectivity index (χ1) is 12.4. The van der Waals surface area contributed by atoms with Gasteiger partial charge in [-0.2, -0.15) is 0 Å². The normalized spacial score (nSPS) is 12.4. The highest BCUT2D eigenvalue weighted by molar-refractivity contribution is 7.88. The van der Waals surface area contributed by atoms with Crippen LogP contribution in [0, 0.1) is 0 Å². The summed E-state index contributed by atoms with van der Waals surface area (Å²) in [6.45, 7) is 0.497. The number of carbonyl (C=O) groups is 1. The van der Waals surface area contributed by atoms with Crippen LogP contribution >= 0.6 is 0 Å². The summed E-state index contributed by atoms with van der Waals surface area (Å²) >= 11 is 0. The summed E-state index contributed by atoms with van der Waals surface area (Å²) in [5.74, 6) is 0.456. The topological polar surface area (TPSA) is 84.5 Å². The van der Waals surface area contributed by atoms with Crippen LogP contribution < -0.4 is 14.8 Å². The third-order valence-corrected chi connectivity index (χ3v) is 4.56. The minimum atomic E-state index is -3.46. The molecule has 0 aliphatic carbocycles. The van der Waals surface area contributed by atoms with Gasteiger partial charge < -0.3 is 10.1 Å². The summed E-state index contributed by atoms with van der Waals surface area (Å²) in [6, 6.07) is 16.2. The van der Waals surface area contributed by atoms with Crippen LogP contribution in [-0.2, 0) is 21.2 Å². The van der Waals surface area contributed by atoms with Gasteiger partial charge in [-0.25, -0.2) is 13.1 Å². The minimum Gasteiger partial charge on any atom is -0.497 e. The number of rotatable bonds is 9. The minimum absolute atomic E-state index is 0.0220. The lowest BCUT2D eigenvalue weighted by molar-refractivity contribution is -0.121. The van der Waals surface area contributed by atoms with Crippen molar-refractivity contribution in [2.45, 2.75) is 18.9 Å². The molecule has 2 aromatic carbocycles. The number of methoxy groups -OCH3 is 1. The molecule has 0 aliphatic heterocycles. The molecule has 1 atom stereocenters. The zero-order valence-electron chi connectivity index (χ0n) is 14.9. The van der Waals surface area contributed by atoms with Gasteiger partial charge in [0.2, 0.25) is 15.9 Å². The lowest BCUT2D eigenvalue weighted by Crippen LogP contribution is -2.34. The van der Waals surface area contributed by atoms with Gasteiger partial charge in [0.05, 0.1) is 19.4 Å². The molecule has 26 heavy (non-hydrogen) atoms. The van der Waals surface area contributed by atoms with Crippen LogP contribution in [-0.4, -0.2) is 34.2 Å². The standard InChI is InChI=1S/C19H24N2O4S/c1-25-17-10-8-16(9-11-17)18(21-26(2,23)24)14-19(22)20-13-12-15-6-4-3-5-7-15/h3-11,18,21H,12-14H2,1-2H3,(H,20,22). The molecule has 2 N–H and O–H groups in total. The Balaban J connectivity index is 1.97. The third-order valence-electron chi connectivity index (χ3n) is 3.84. The molecular weight excluding hydrogens is 352 g/mol. The molecule has 0 saturated heterocycles. The average molecular weight is 376 g/mol. The third kappa shape index (κ3) is 6.85. The van der Waals surface area contributed by atoms with E-state index in [2.05, 4.69) is 10.0 Å². The van der Waals surface area contributed by atoms with Crippen LogP contribution in [0.4, 0.5) is 0 Å². The molecule has 2 rings (SSSR count). The maximum atomic E-state index is 12.3. The Morgan fingerprint density at radius 1 is 1.08 bits per heavy atom. The second-order valence-electron chi connectivity index (χ2n) is 6.01. The van der Waals surface area contributed by atoms with E-state index in [0.29, 0.717) is 17.9 Å². The Labute approximate surface area is 154 Å². The molecule has 6 nitrogen and oxygen atoms in total. The quantitative estimate of drug-likeness (QED) is 0.701. The molecule has 1 amide bonds. The highest BCUT2D eigenvalue weighted by Crippen LogP contribution is 2.21. The van der Waals surface area contributed by atoms with Crippen molar-refractivity contribution >= 4 is 15.9 Å². The lowest BCUT2D eigenvalue weighted by atomic mass is 10.0. The van der Waals surface area contributed by atoms with Crippen molar-refractivity contribution in [2.75, 3.05) is 19.9 Å². The molecule has 0 spiro atoms. The number of nitrogens with one attached hydrogen (secondary N) is 2. The van der Waals surface area contributed by atoms with Gasteiger partial charge in [0, 0.05) is 13.0 Å². The molecule has 0 saturated carbocycles. The second-order valence-corrected chi connectivity index (χ2v) is 7.79. The van der Waals surface area contributed by atoms with Crippen LogP contribution in [0.2, 0.25) is 0 Å². The Morgan fingerprint density at radius 2 is 1.73 bits per heavy atom. The predicted molar refractivity (Wildman–Crippen MR) is 101 cm³/mol. The van der Waals surface area contributed by atoms with Gasteiger partial charge in [-0.1, -0.05) is 42.5 Å². The highest BCUT2D eigenvalue weighted by atomic mass is 32.2. The summed E-state index contributed by atoms with van der Waals surface area (Å²) in [5, 5.41) is 2.84. The summed E-state index contributed by atoms with van der Waals surface area (Å²) in [7, 11) is -1.90. The van der Waals surface area contributed by atoms with Crippen molar-refractivity contribution in [3.63, 3.8) is 0 Å². The fourth-order valence-electron chi connectivity index (χ4n) is 2.57. The molecule has 2 aromatic rings. The van der Waals surface area contributed by atoms with Crippen molar-refractivity contribution in [1.82, 2.24) is 10.0 Å². The largest absolute Gasteiger partial charge is 0.497 e. The maximum absolute atomic E-state index is 12.3. The maximum Gasteiger partial charge on any atom is 0.221 e. The van der Waals surface area contributed by atoms with Crippen LogP contribution in [0.5, 0.6) is 5.75 Å². The fourth-order valence-corrected chi connectivity index (χ4v) is 3.31. The molecule has 0 heterocycles. The van der Waals surface area contributed by atoms with Crippen molar-refractivity contribution in [1.29, 1.82) is 0 Å². The van der Waals surface area contributed by atoms with E-state index in [9.17, 15) is 13.2 Å². The number of carbonyl (C=O) groups excluding carboxylic acids is 1. The molecule has 1 unspecified atom stereocenters. The molecule has 0 aromatic heterocycles. The van der Waals surface area contributed by atoms with E-state index in [-0.39, 0.29) is 12.3 Å². The Morgan fingerprint density at radius 3 is 2.31 bits per heavy atom. The first kappa shape index (κ1) is 19.9. The van der Waals surface area contributed by atoms with Gasteiger partial charge in [-0.05, 0) is 29.7 Å². The van der Waals surface area contributed by atoms with E-state index < -0.39 is 16.1 Å². The predicted octanol–water partition coefficient (Wildman–Crippen LogP) is 2.03. The Hall–Kier alpha value is -2.38. The van der Waals surface area contributed by atoms with Crippen molar-refractivity contribution in [3.05, 3.63) is 65.7 Å². The molecule has 140 valence electrons. The van der Waals surface area contributed by atoms with E-state index in [4.69, 9.17) is 4.74 Å². The van der Waals surface area contributed by atoms with Crippen LogP contribution in [0.3, 0.4) is 0 Å². The van der Waals surface area contributed by atoms with Gasteiger partial charge >= 0.3 is 0 Å². The van der Waals surface area contributed by atoms with E-state index in [1.165, 1.54) is 0 Å². The number of sulfonamides is 1. The van der Waals surface area contributed by atoms with Crippen LogP contribution in [0.1, 0.15) is 23.6 Å². The van der Waals surface area contributed by atoms with Gasteiger partial charge in [0.15, 0.2) is 0 Å². The second kappa shape index (κ2) is 9.35. The molecular formula is C19H24N2O4S. The van der Waals surface area contributed by atoms with Crippen LogP contribution in [0.15, 0.2) is 54.6 Å². The van der Waals surface area contributed by atoms with Crippen molar-refractivity contribution in [2.24, 2.45) is 0 Å². The zero-order valence-corrected chi connectivity index (χ0v) is 15.8. The van der Waals surface area contributed by atoms with Gasteiger partial charge in [-0.3, -0.25) is 4.79 Å². The van der Waals surface area contributed by atoms with Gasteiger partial charge in [0.1, 0.15) is 5.75 Å². The number of hydrogen-bond donors (Lipinski definition) is 2. The van der Waals surface area contributed by atoms with E-state index >= 15 is 0 Å². The van der Waals surface area contributed by atoms with Crippen LogP contribution in [0.25, 0.3) is 0 Å². The Bertz CT molecular complexity index is 805. The van der Waals surface area contributed by atoms with Gasteiger partial charge in [-0.15, -0.1) is 0 Å². The summed E-state index contributed by atoms with van der Waals surface area (Å²) in [5.41, 5.74) is 1.84. The number of hydrogen-bond acceptors (Lipinski definition) is 4. The number of benzene rings is 2. The summed E-state index contributed by atoms with van der Waals surface area (Å²) in [4.78, 5) is 12.3. The number of ether oxygens (including phenoxy) is 1. The number of amides is 1. The SMILES string of the molecule is COc1ccc(C(CC(=O)NCCc2ccccc2)NS(C)(=O)=O)cc1. The Kier molecular flexibility index (Phi) is 7.17. The average Bonchev–Trinajstić information content (AvgIpc) is 2.61. The molecule has 0 fully saturated rings. The van der Waals surface area contributed by atoms with E-state index in [1.807, 2.05) is 30.3 Å². The smallest absolute Gasteiger partial charge is 0.221 e. The highest BCUT2D eigenvalue weighted by Gasteiger charge is 2.19. The van der Waals surface area contributed by atoms with Crippen molar-refractivity contribution in [3.8, 4) is 5.75 Å². The first-order valence-corrected chi connectivity index (χ1v) is 10.2. The fraction of sp³-hybridized carbons (Fsp3) is 0.316. The van der Waals surface area contributed by atoms with Crippen molar-refractivity contribution < 1.29 is 17.9 Å². The molecule has 0 radical (unpaired) electrons. The molecule has 0 bridgehead atoms. The monoisotopic (exact) mass is 376 g/mol. The first-order valence-electron chi connectivity index (χ1n) is 8.29.